The minimum Gasteiger partial charge on any atom is -0.493 e. The summed E-state index contributed by atoms with van der Waals surface area (Å²) in [5.41, 5.74) is 1.31. The zero-order chi connectivity index (χ0) is 19.6. The zero-order valence-corrected chi connectivity index (χ0v) is 17.1. The first kappa shape index (κ1) is 20.4. The Morgan fingerprint density at radius 3 is 2.71 bits per heavy atom. The van der Waals surface area contributed by atoms with Crippen molar-refractivity contribution in [2.45, 2.75) is 64.8 Å². The molecule has 0 N–H and O–H groups in total. The van der Waals surface area contributed by atoms with Gasteiger partial charge < -0.3 is 14.2 Å². The van der Waals surface area contributed by atoms with Gasteiger partial charge in [0.15, 0.2) is 0 Å². The summed E-state index contributed by atoms with van der Waals surface area (Å²) in [6, 6.07) is 8.37. The lowest BCUT2D eigenvalue weighted by Gasteiger charge is -2.23. The molecule has 1 aromatic carbocycles. The van der Waals surface area contributed by atoms with Crippen molar-refractivity contribution in [1.29, 1.82) is 0 Å². The molecule has 0 spiro atoms. The Morgan fingerprint density at radius 1 is 1.07 bits per heavy atom. The molecule has 28 heavy (non-hydrogen) atoms. The average Bonchev–Trinajstić information content (AvgIpc) is 3.12. The van der Waals surface area contributed by atoms with E-state index >= 15 is 0 Å². The number of aryl methyl sites for hydroxylation is 3. The van der Waals surface area contributed by atoms with Crippen LogP contribution in [0.4, 0.5) is 0 Å². The molecule has 2 heterocycles. The van der Waals surface area contributed by atoms with Crippen LogP contribution in [0.2, 0.25) is 0 Å². The van der Waals surface area contributed by atoms with Crippen molar-refractivity contribution in [2.75, 3.05) is 19.7 Å². The third-order valence-electron chi connectivity index (χ3n) is 5.52. The maximum absolute atomic E-state index is 12.8. The van der Waals surface area contributed by atoms with Crippen molar-refractivity contribution in [3.05, 3.63) is 48.0 Å². The Labute approximate surface area is 168 Å². The first-order valence-corrected chi connectivity index (χ1v) is 10.7. The van der Waals surface area contributed by atoms with Gasteiger partial charge in [0, 0.05) is 38.4 Å². The van der Waals surface area contributed by atoms with Crippen LogP contribution in [-0.4, -0.2) is 40.1 Å². The second kappa shape index (κ2) is 10.9. The van der Waals surface area contributed by atoms with Gasteiger partial charge in [-0.15, -0.1) is 0 Å². The number of rotatable bonds is 3. The maximum atomic E-state index is 12.8. The van der Waals surface area contributed by atoms with Crippen LogP contribution in [0, 0.1) is 6.92 Å². The van der Waals surface area contributed by atoms with E-state index in [1.165, 1.54) is 31.2 Å². The number of hydrogen-bond donors (Lipinski definition) is 0. The molecule has 2 aromatic rings. The Balaban J connectivity index is 1.55. The number of benzene rings is 1. The number of aromatic nitrogens is 2. The van der Waals surface area contributed by atoms with Crippen LogP contribution < -0.4 is 4.74 Å². The lowest BCUT2D eigenvalue weighted by Crippen LogP contribution is -2.34. The van der Waals surface area contributed by atoms with Crippen molar-refractivity contribution < 1.29 is 9.53 Å². The minimum absolute atomic E-state index is 0.237. The number of nitrogens with zero attached hydrogens (tertiary/aromatic N) is 3. The molecule has 1 aliphatic rings. The molecule has 1 amide bonds. The van der Waals surface area contributed by atoms with Crippen LogP contribution in [-0.2, 0) is 17.8 Å². The van der Waals surface area contributed by atoms with Crippen LogP contribution in [0.5, 0.6) is 5.75 Å². The van der Waals surface area contributed by atoms with Crippen LogP contribution in [0.25, 0.3) is 0 Å². The standard InChI is InChI=1S/C23H33N3O2/c1-20-24-14-18-25(20)17-13-23(27)26-15-8-4-2-3-5-10-21-11-6-7-12-22(21)28-19-9-16-26/h6-7,11-12,14,18H,2-5,8-10,13,15-17,19H2,1H3. The van der Waals surface area contributed by atoms with E-state index in [9.17, 15) is 4.79 Å². The number of carbonyl (C=O) groups is 1. The van der Waals surface area contributed by atoms with Crippen LogP contribution in [0.1, 0.15) is 56.3 Å². The third-order valence-corrected chi connectivity index (χ3v) is 5.52. The molecule has 5 nitrogen and oxygen atoms in total. The fourth-order valence-corrected chi connectivity index (χ4v) is 3.81. The summed E-state index contributed by atoms with van der Waals surface area (Å²) in [6.45, 7) is 4.95. The average molecular weight is 384 g/mol. The molecular formula is C23H33N3O2. The third kappa shape index (κ3) is 6.11. The van der Waals surface area contributed by atoms with Gasteiger partial charge in [0.05, 0.1) is 6.61 Å². The largest absolute Gasteiger partial charge is 0.493 e. The van der Waals surface area contributed by atoms with E-state index in [2.05, 4.69) is 23.2 Å². The van der Waals surface area contributed by atoms with E-state index < -0.39 is 0 Å². The van der Waals surface area contributed by atoms with Gasteiger partial charge in [-0.2, -0.15) is 0 Å². The van der Waals surface area contributed by atoms with Crippen molar-refractivity contribution in [3.63, 3.8) is 0 Å². The molecule has 1 aromatic heterocycles. The van der Waals surface area contributed by atoms with Crippen molar-refractivity contribution in [1.82, 2.24) is 14.5 Å². The van der Waals surface area contributed by atoms with Gasteiger partial charge in [0.2, 0.25) is 5.91 Å². The first-order chi connectivity index (χ1) is 13.7. The van der Waals surface area contributed by atoms with Gasteiger partial charge in [0.1, 0.15) is 11.6 Å². The summed E-state index contributed by atoms with van der Waals surface area (Å²) in [5, 5.41) is 0. The predicted molar refractivity (Wildman–Crippen MR) is 112 cm³/mol. The van der Waals surface area contributed by atoms with Crippen molar-refractivity contribution >= 4 is 5.91 Å². The number of imidazole rings is 1. The van der Waals surface area contributed by atoms with Gasteiger partial charge in [0.25, 0.3) is 0 Å². The normalized spacial score (nSPS) is 16.7. The fourth-order valence-electron chi connectivity index (χ4n) is 3.81. The molecule has 0 aliphatic carbocycles. The highest BCUT2D eigenvalue weighted by molar-refractivity contribution is 5.76. The number of fused-ring (bicyclic) bond motifs is 1. The molecule has 0 atom stereocenters. The highest BCUT2D eigenvalue weighted by Crippen LogP contribution is 2.21. The lowest BCUT2D eigenvalue weighted by molar-refractivity contribution is -0.131. The molecule has 3 rings (SSSR count). The molecule has 0 radical (unpaired) electrons. The van der Waals surface area contributed by atoms with E-state index in [4.69, 9.17) is 4.74 Å². The van der Waals surface area contributed by atoms with Gasteiger partial charge in [-0.05, 0) is 44.2 Å². The molecule has 0 saturated carbocycles. The van der Waals surface area contributed by atoms with Gasteiger partial charge in [-0.3, -0.25) is 4.79 Å². The second-order valence-corrected chi connectivity index (χ2v) is 7.63. The number of carbonyl (C=O) groups excluding carboxylic acids is 1. The van der Waals surface area contributed by atoms with E-state index in [0.29, 0.717) is 19.6 Å². The first-order valence-electron chi connectivity index (χ1n) is 10.7. The molecule has 152 valence electrons. The summed E-state index contributed by atoms with van der Waals surface area (Å²) in [5.74, 6) is 2.20. The smallest absolute Gasteiger partial charge is 0.224 e. The highest BCUT2D eigenvalue weighted by atomic mass is 16.5. The molecule has 0 fully saturated rings. The highest BCUT2D eigenvalue weighted by Gasteiger charge is 2.14. The molecule has 5 heteroatoms. The summed E-state index contributed by atoms with van der Waals surface area (Å²) in [6.07, 6.45) is 12.2. The molecule has 0 unspecified atom stereocenters. The van der Waals surface area contributed by atoms with E-state index in [1.807, 2.05) is 28.7 Å². The zero-order valence-electron chi connectivity index (χ0n) is 17.1. The lowest BCUT2D eigenvalue weighted by atomic mass is 10.0. The van der Waals surface area contributed by atoms with Crippen molar-refractivity contribution in [2.24, 2.45) is 0 Å². The summed E-state index contributed by atoms with van der Waals surface area (Å²) < 4.78 is 8.09. The monoisotopic (exact) mass is 383 g/mol. The topological polar surface area (TPSA) is 47.4 Å². The Morgan fingerprint density at radius 2 is 1.86 bits per heavy atom. The number of amides is 1. The van der Waals surface area contributed by atoms with Gasteiger partial charge in [-0.25, -0.2) is 4.98 Å². The quantitative estimate of drug-likeness (QED) is 0.790. The SMILES string of the molecule is Cc1nccn1CCC(=O)N1CCCCCCCc2ccccc2OCCC1. The maximum Gasteiger partial charge on any atom is 0.224 e. The van der Waals surface area contributed by atoms with Crippen molar-refractivity contribution in [3.8, 4) is 5.75 Å². The molecule has 0 saturated heterocycles. The van der Waals surface area contributed by atoms with Crippen LogP contribution >= 0.6 is 0 Å². The minimum atomic E-state index is 0.237. The molecular weight excluding hydrogens is 350 g/mol. The Bertz CT molecular complexity index is 741. The van der Waals surface area contributed by atoms with E-state index in [0.717, 1.165) is 43.9 Å². The van der Waals surface area contributed by atoms with Crippen LogP contribution in [0.15, 0.2) is 36.7 Å². The number of hydrogen-bond acceptors (Lipinski definition) is 3. The Hall–Kier alpha value is -2.30. The fraction of sp³-hybridized carbons (Fsp3) is 0.565. The second-order valence-electron chi connectivity index (χ2n) is 7.63. The number of ether oxygens (including phenoxy) is 1. The predicted octanol–water partition coefficient (Wildman–Crippen LogP) is 4.39. The van der Waals surface area contributed by atoms with E-state index in [1.54, 1.807) is 6.20 Å². The summed E-state index contributed by atoms with van der Waals surface area (Å²) in [7, 11) is 0. The number of para-hydroxylation sites is 1. The van der Waals surface area contributed by atoms with E-state index in [-0.39, 0.29) is 5.91 Å². The Kier molecular flexibility index (Phi) is 7.94. The van der Waals surface area contributed by atoms with Gasteiger partial charge >= 0.3 is 0 Å². The summed E-state index contributed by atoms with van der Waals surface area (Å²) in [4.78, 5) is 19.1. The molecule has 1 aliphatic heterocycles. The van der Waals surface area contributed by atoms with Gasteiger partial charge in [-0.1, -0.05) is 37.5 Å². The van der Waals surface area contributed by atoms with Crippen LogP contribution in [0.3, 0.4) is 0 Å². The summed E-state index contributed by atoms with van der Waals surface area (Å²) >= 11 is 0. The molecule has 0 bridgehead atoms.